The van der Waals surface area contributed by atoms with Gasteiger partial charge in [0.1, 0.15) is 0 Å². The number of aliphatic hydroxyl groups excluding tert-OH is 1. The molecular weight excluding hydrogens is 248 g/mol. The first kappa shape index (κ1) is 14.8. The van der Waals surface area contributed by atoms with Gasteiger partial charge in [0.15, 0.2) is 0 Å². The number of aryl methyl sites for hydroxylation is 2. The fraction of sp³-hybridized carbons (Fsp3) is 0.471. The highest BCUT2D eigenvalue weighted by Crippen LogP contribution is 2.25. The lowest BCUT2D eigenvalue weighted by molar-refractivity contribution is 0.168. The third kappa shape index (κ3) is 3.70. The molecule has 0 aliphatic carbocycles. The second kappa shape index (κ2) is 5.80. The number of aromatic nitrogens is 2. The Kier molecular flexibility index (Phi) is 4.29. The Morgan fingerprint density at radius 3 is 2.35 bits per heavy atom. The molecule has 108 valence electrons. The second-order valence-electron chi connectivity index (χ2n) is 6.45. The Labute approximate surface area is 121 Å². The van der Waals surface area contributed by atoms with Crippen LogP contribution in [0.15, 0.2) is 36.7 Å². The molecule has 0 spiro atoms. The van der Waals surface area contributed by atoms with Gasteiger partial charge in [-0.3, -0.25) is 4.68 Å². The molecule has 1 unspecified atom stereocenters. The molecule has 1 heterocycles. The molecule has 0 saturated heterocycles. The van der Waals surface area contributed by atoms with E-state index in [9.17, 15) is 5.11 Å². The van der Waals surface area contributed by atoms with E-state index in [2.05, 4.69) is 38.0 Å². The van der Waals surface area contributed by atoms with Crippen LogP contribution in [0, 0.1) is 0 Å². The minimum Gasteiger partial charge on any atom is -0.388 e. The van der Waals surface area contributed by atoms with Crippen molar-refractivity contribution in [3.05, 3.63) is 53.3 Å². The molecule has 2 aromatic rings. The van der Waals surface area contributed by atoms with Crippen molar-refractivity contribution in [1.29, 1.82) is 0 Å². The summed E-state index contributed by atoms with van der Waals surface area (Å²) in [4.78, 5) is 0. The van der Waals surface area contributed by atoms with E-state index in [0.717, 1.165) is 24.0 Å². The minimum atomic E-state index is -0.413. The summed E-state index contributed by atoms with van der Waals surface area (Å²) in [7, 11) is 1.91. The van der Waals surface area contributed by atoms with Crippen molar-refractivity contribution in [3.63, 3.8) is 0 Å². The molecule has 0 saturated carbocycles. The largest absolute Gasteiger partial charge is 0.388 e. The van der Waals surface area contributed by atoms with E-state index in [-0.39, 0.29) is 5.41 Å². The van der Waals surface area contributed by atoms with Gasteiger partial charge in [-0.1, -0.05) is 45.0 Å². The van der Waals surface area contributed by atoms with Crippen LogP contribution in [-0.4, -0.2) is 14.9 Å². The molecule has 1 aromatic carbocycles. The monoisotopic (exact) mass is 272 g/mol. The van der Waals surface area contributed by atoms with E-state index in [1.54, 1.807) is 4.68 Å². The molecule has 0 aliphatic heterocycles. The first-order chi connectivity index (χ1) is 9.36. The van der Waals surface area contributed by atoms with Crippen LogP contribution in [0.3, 0.4) is 0 Å². The van der Waals surface area contributed by atoms with Crippen LogP contribution in [0.5, 0.6) is 0 Å². The summed E-state index contributed by atoms with van der Waals surface area (Å²) in [6.45, 7) is 6.59. The summed E-state index contributed by atoms with van der Waals surface area (Å²) in [6.07, 6.45) is 5.01. The van der Waals surface area contributed by atoms with E-state index in [4.69, 9.17) is 0 Å². The summed E-state index contributed by atoms with van der Waals surface area (Å²) < 4.78 is 1.79. The van der Waals surface area contributed by atoms with Gasteiger partial charge in [-0.25, -0.2) is 0 Å². The molecule has 1 aromatic heterocycles. The maximum absolute atomic E-state index is 10.3. The van der Waals surface area contributed by atoms with E-state index < -0.39 is 6.10 Å². The Morgan fingerprint density at radius 1 is 1.20 bits per heavy atom. The molecule has 1 N–H and O–H groups in total. The van der Waals surface area contributed by atoms with Crippen LogP contribution in [0.25, 0.3) is 0 Å². The summed E-state index contributed by atoms with van der Waals surface area (Å²) in [6, 6.07) is 8.30. The summed E-state index contributed by atoms with van der Waals surface area (Å²) >= 11 is 0. The maximum Gasteiger partial charge on any atom is 0.0793 e. The topological polar surface area (TPSA) is 38.0 Å². The first-order valence-electron chi connectivity index (χ1n) is 7.12. The SMILES string of the molecule is Cn1cc(CCC(O)c2ccc(C(C)(C)C)cc2)cn1. The van der Waals surface area contributed by atoms with Gasteiger partial charge in [-0.05, 0) is 34.9 Å². The minimum absolute atomic E-state index is 0.152. The van der Waals surface area contributed by atoms with Gasteiger partial charge in [-0.15, -0.1) is 0 Å². The van der Waals surface area contributed by atoms with Gasteiger partial charge >= 0.3 is 0 Å². The zero-order valence-electron chi connectivity index (χ0n) is 12.8. The standard InChI is InChI=1S/C17H24N2O/c1-17(2,3)15-8-6-14(7-9-15)16(20)10-5-13-11-18-19(4)12-13/h6-9,11-12,16,20H,5,10H2,1-4H3. The number of hydrogen-bond donors (Lipinski definition) is 1. The lowest BCUT2D eigenvalue weighted by atomic mass is 9.86. The highest BCUT2D eigenvalue weighted by atomic mass is 16.3. The summed E-state index contributed by atoms with van der Waals surface area (Å²) in [5.41, 5.74) is 3.60. The quantitative estimate of drug-likeness (QED) is 0.926. The molecule has 0 radical (unpaired) electrons. The lowest BCUT2D eigenvalue weighted by Crippen LogP contribution is -2.11. The molecular formula is C17H24N2O. The van der Waals surface area contributed by atoms with Gasteiger partial charge in [-0.2, -0.15) is 5.10 Å². The van der Waals surface area contributed by atoms with Crippen LogP contribution >= 0.6 is 0 Å². The number of aliphatic hydroxyl groups is 1. The van der Waals surface area contributed by atoms with E-state index in [0.29, 0.717) is 0 Å². The van der Waals surface area contributed by atoms with E-state index in [1.165, 1.54) is 5.56 Å². The number of hydrogen-bond acceptors (Lipinski definition) is 2. The van der Waals surface area contributed by atoms with Gasteiger partial charge in [0.25, 0.3) is 0 Å². The van der Waals surface area contributed by atoms with Crippen LogP contribution in [-0.2, 0) is 18.9 Å². The highest BCUT2D eigenvalue weighted by molar-refractivity contribution is 5.28. The molecule has 20 heavy (non-hydrogen) atoms. The maximum atomic E-state index is 10.3. The van der Waals surface area contributed by atoms with Crippen LogP contribution in [0.1, 0.15) is 50.0 Å². The number of rotatable bonds is 4. The lowest BCUT2D eigenvalue weighted by Gasteiger charge is -2.20. The summed E-state index contributed by atoms with van der Waals surface area (Å²) in [5.74, 6) is 0. The molecule has 2 rings (SSSR count). The Balaban J connectivity index is 1.97. The number of nitrogens with zero attached hydrogens (tertiary/aromatic N) is 2. The molecule has 0 amide bonds. The smallest absolute Gasteiger partial charge is 0.0793 e. The Bertz CT molecular complexity index is 549. The average Bonchev–Trinajstić information content (AvgIpc) is 2.81. The Morgan fingerprint density at radius 2 is 1.85 bits per heavy atom. The van der Waals surface area contributed by atoms with Gasteiger partial charge < -0.3 is 5.11 Å². The Hall–Kier alpha value is -1.61. The van der Waals surface area contributed by atoms with Crippen molar-refractivity contribution in [3.8, 4) is 0 Å². The highest BCUT2D eigenvalue weighted by Gasteiger charge is 2.14. The van der Waals surface area contributed by atoms with Crippen LogP contribution < -0.4 is 0 Å². The number of benzene rings is 1. The zero-order valence-corrected chi connectivity index (χ0v) is 12.8. The fourth-order valence-electron chi connectivity index (χ4n) is 2.28. The third-order valence-corrected chi connectivity index (χ3v) is 3.63. The summed E-state index contributed by atoms with van der Waals surface area (Å²) in [5, 5.41) is 14.4. The molecule has 0 aliphatic rings. The van der Waals surface area contributed by atoms with Crippen molar-refractivity contribution in [2.24, 2.45) is 7.05 Å². The molecule has 0 fully saturated rings. The van der Waals surface area contributed by atoms with Gasteiger partial charge in [0.2, 0.25) is 0 Å². The third-order valence-electron chi connectivity index (χ3n) is 3.63. The first-order valence-corrected chi connectivity index (χ1v) is 7.12. The zero-order chi connectivity index (χ0) is 14.8. The predicted octanol–water partition coefficient (Wildman–Crippen LogP) is 3.38. The molecule has 3 heteroatoms. The van der Waals surface area contributed by atoms with E-state index in [1.807, 2.05) is 31.6 Å². The average molecular weight is 272 g/mol. The van der Waals surface area contributed by atoms with Gasteiger partial charge in [0.05, 0.1) is 12.3 Å². The van der Waals surface area contributed by atoms with Gasteiger partial charge in [0, 0.05) is 13.2 Å². The normalized spacial score (nSPS) is 13.4. The molecule has 3 nitrogen and oxygen atoms in total. The second-order valence-corrected chi connectivity index (χ2v) is 6.45. The van der Waals surface area contributed by atoms with Crippen molar-refractivity contribution in [2.45, 2.75) is 45.1 Å². The van der Waals surface area contributed by atoms with Crippen molar-refractivity contribution < 1.29 is 5.11 Å². The molecule has 0 bridgehead atoms. The van der Waals surface area contributed by atoms with Crippen molar-refractivity contribution >= 4 is 0 Å². The fourth-order valence-corrected chi connectivity index (χ4v) is 2.28. The van der Waals surface area contributed by atoms with Crippen LogP contribution in [0.4, 0.5) is 0 Å². The van der Waals surface area contributed by atoms with Crippen molar-refractivity contribution in [1.82, 2.24) is 9.78 Å². The van der Waals surface area contributed by atoms with Crippen LogP contribution in [0.2, 0.25) is 0 Å². The predicted molar refractivity (Wildman–Crippen MR) is 81.6 cm³/mol. The molecule has 1 atom stereocenters. The van der Waals surface area contributed by atoms with E-state index >= 15 is 0 Å². The van der Waals surface area contributed by atoms with Crippen molar-refractivity contribution in [2.75, 3.05) is 0 Å².